The van der Waals surface area contributed by atoms with Gasteiger partial charge in [-0.25, -0.2) is 0 Å². The van der Waals surface area contributed by atoms with Crippen LogP contribution in [-0.4, -0.2) is 48.3 Å². The van der Waals surface area contributed by atoms with Gasteiger partial charge in [0.05, 0.1) is 5.60 Å². The van der Waals surface area contributed by atoms with Crippen molar-refractivity contribution in [2.45, 2.75) is 39.7 Å². The molecule has 0 aromatic rings. The lowest BCUT2D eigenvalue weighted by molar-refractivity contribution is -0.138. The van der Waals surface area contributed by atoms with Crippen LogP contribution in [0.15, 0.2) is 0 Å². The predicted molar refractivity (Wildman–Crippen MR) is 64.2 cm³/mol. The highest BCUT2D eigenvalue weighted by Crippen LogP contribution is 2.11. The molecule has 1 unspecified atom stereocenters. The second-order valence-corrected chi connectivity index (χ2v) is 4.85. The van der Waals surface area contributed by atoms with Gasteiger partial charge in [-0.15, -0.1) is 0 Å². The van der Waals surface area contributed by atoms with Gasteiger partial charge in [0.15, 0.2) is 0 Å². The van der Waals surface area contributed by atoms with Gasteiger partial charge in [0.2, 0.25) is 5.91 Å². The number of aliphatic hydroxyl groups is 1. The monoisotopic (exact) mass is 231 g/mol. The lowest BCUT2D eigenvalue weighted by Crippen LogP contribution is -2.44. The zero-order valence-corrected chi connectivity index (χ0v) is 11.1. The molecular formula is C12H25NO3. The molecule has 96 valence electrons. The second-order valence-electron chi connectivity index (χ2n) is 4.85. The molecule has 0 radical (unpaired) electrons. The molecule has 0 spiro atoms. The molecule has 1 amide bonds. The third-order valence-corrected chi connectivity index (χ3v) is 2.45. The minimum absolute atomic E-state index is 0.0535. The Morgan fingerprint density at radius 2 is 2.06 bits per heavy atom. The zero-order valence-electron chi connectivity index (χ0n) is 11.1. The Morgan fingerprint density at radius 1 is 1.50 bits per heavy atom. The number of likely N-dealkylation sites (N-methyl/N-ethyl adjacent to an activating group) is 1. The van der Waals surface area contributed by atoms with Crippen molar-refractivity contribution in [3.05, 3.63) is 0 Å². The summed E-state index contributed by atoms with van der Waals surface area (Å²) in [5.41, 5.74) is -0.841. The highest BCUT2D eigenvalue weighted by atomic mass is 16.5. The Bertz CT molecular complexity index is 211. The number of nitrogens with zero attached hydrogens (tertiary/aromatic N) is 1. The molecule has 0 fully saturated rings. The number of amides is 1. The molecule has 0 rings (SSSR count). The van der Waals surface area contributed by atoms with Crippen LogP contribution in [0.4, 0.5) is 0 Å². The van der Waals surface area contributed by atoms with Crippen LogP contribution in [0.2, 0.25) is 0 Å². The Hall–Kier alpha value is -0.610. The van der Waals surface area contributed by atoms with Crippen molar-refractivity contribution in [2.75, 3.05) is 26.8 Å². The van der Waals surface area contributed by atoms with Crippen LogP contribution in [0.5, 0.6) is 0 Å². The lowest BCUT2D eigenvalue weighted by atomic mass is 10.0. The minimum atomic E-state index is -0.841. The Morgan fingerprint density at radius 3 is 2.44 bits per heavy atom. The van der Waals surface area contributed by atoms with Crippen molar-refractivity contribution in [3.8, 4) is 0 Å². The highest BCUT2D eigenvalue weighted by Gasteiger charge is 2.24. The fraction of sp³-hybridized carbons (Fsp3) is 0.917. The maximum atomic E-state index is 12.0. The van der Waals surface area contributed by atoms with Crippen molar-refractivity contribution >= 4 is 5.91 Å². The van der Waals surface area contributed by atoms with Crippen LogP contribution in [0.3, 0.4) is 0 Å². The maximum absolute atomic E-state index is 12.0. The first-order valence-electron chi connectivity index (χ1n) is 5.82. The molecule has 0 aromatic heterocycles. The molecule has 0 bridgehead atoms. The first-order chi connectivity index (χ1) is 7.31. The van der Waals surface area contributed by atoms with Gasteiger partial charge >= 0.3 is 0 Å². The van der Waals surface area contributed by atoms with E-state index in [0.29, 0.717) is 19.7 Å². The summed E-state index contributed by atoms with van der Waals surface area (Å²) in [5, 5.41) is 9.71. The molecule has 0 aliphatic carbocycles. The summed E-state index contributed by atoms with van der Waals surface area (Å²) in [6.45, 7) is 8.83. The summed E-state index contributed by atoms with van der Waals surface area (Å²) in [6, 6.07) is 0. The van der Waals surface area contributed by atoms with Crippen LogP contribution in [0.25, 0.3) is 0 Å². The topological polar surface area (TPSA) is 49.8 Å². The molecule has 0 saturated heterocycles. The van der Waals surface area contributed by atoms with E-state index in [4.69, 9.17) is 4.74 Å². The van der Waals surface area contributed by atoms with E-state index < -0.39 is 5.60 Å². The van der Waals surface area contributed by atoms with Gasteiger partial charge in [-0.1, -0.05) is 6.92 Å². The highest BCUT2D eigenvalue weighted by molar-refractivity contribution is 5.78. The van der Waals surface area contributed by atoms with Crippen molar-refractivity contribution in [2.24, 2.45) is 5.92 Å². The summed E-state index contributed by atoms with van der Waals surface area (Å²) >= 11 is 0. The van der Waals surface area contributed by atoms with E-state index in [0.717, 1.165) is 6.42 Å². The molecule has 4 nitrogen and oxygen atoms in total. The van der Waals surface area contributed by atoms with E-state index >= 15 is 0 Å². The van der Waals surface area contributed by atoms with Gasteiger partial charge in [0.25, 0.3) is 0 Å². The number of ether oxygens (including phenoxy) is 1. The molecule has 0 aliphatic heterocycles. The lowest BCUT2D eigenvalue weighted by Gasteiger charge is -2.30. The molecule has 0 saturated carbocycles. The third kappa shape index (κ3) is 6.08. The fourth-order valence-electron chi connectivity index (χ4n) is 1.54. The third-order valence-electron chi connectivity index (χ3n) is 2.45. The summed E-state index contributed by atoms with van der Waals surface area (Å²) in [6.07, 6.45) is 0.720. The van der Waals surface area contributed by atoms with E-state index in [-0.39, 0.29) is 11.8 Å². The van der Waals surface area contributed by atoms with E-state index in [1.54, 1.807) is 25.9 Å². The van der Waals surface area contributed by atoms with E-state index in [9.17, 15) is 9.90 Å². The summed E-state index contributed by atoms with van der Waals surface area (Å²) in [4.78, 5) is 13.7. The summed E-state index contributed by atoms with van der Waals surface area (Å²) < 4.78 is 4.96. The van der Waals surface area contributed by atoms with Gasteiger partial charge in [0.1, 0.15) is 0 Å². The number of hydrogen-bond donors (Lipinski definition) is 1. The second kappa shape index (κ2) is 6.86. The minimum Gasteiger partial charge on any atom is -0.389 e. The van der Waals surface area contributed by atoms with Gasteiger partial charge in [-0.05, 0) is 27.2 Å². The van der Waals surface area contributed by atoms with Gasteiger partial charge in [0, 0.05) is 32.7 Å². The van der Waals surface area contributed by atoms with Crippen LogP contribution in [-0.2, 0) is 9.53 Å². The SMILES string of the molecule is CCN(CC(C)(C)O)C(=O)C(C)CCOC. The largest absolute Gasteiger partial charge is 0.389 e. The number of rotatable bonds is 7. The average molecular weight is 231 g/mol. The van der Waals surface area contributed by atoms with E-state index in [2.05, 4.69) is 0 Å². The van der Waals surface area contributed by atoms with Crippen LogP contribution >= 0.6 is 0 Å². The summed E-state index contributed by atoms with van der Waals surface area (Å²) in [5.74, 6) is 0.0314. The van der Waals surface area contributed by atoms with Crippen molar-refractivity contribution in [1.29, 1.82) is 0 Å². The molecule has 0 aromatic carbocycles. The fourth-order valence-corrected chi connectivity index (χ4v) is 1.54. The van der Waals surface area contributed by atoms with Gasteiger partial charge < -0.3 is 14.7 Å². The molecule has 4 heteroatoms. The number of hydrogen-bond acceptors (Lipinski definition) is 3. The van der Waals surface area contributed by atoms with Crippen LogP contribution in [0.1, 0.15) is 34.1 Å². The maximum Gasteiger partial charge on any atom is 0.225 e. The number of methoxy groups -OCH3 is 1. The molecule has 1 atom stereocenters. The molecule has 0 heterocycles. The standard InChI is InChI=1S/C12H25NO3/c1-6-13(9-12(3,4)15)11(14)10(2)7-8-16-5/h10,15H,6-9H2,1-5H3. The molecule has 16 heavy (non-hydrogen) atoms. The predicted octanol–water partition coefficient (Wildman–Crippen LogP) is 1.28. The normalized spacial score (nSPS) is 13.6. The van der Waals surface area contributed by atoms with Crippen molar-refractivity contribution < 1.29 is 14.6 Å². The molecular weight excluding hydrogens is 206 g/mol. The molecule has 0 aliphatic rings. The first-order valence-corrected chi connectivity index (χ1v) is 5.82. The van der Waals surface area contributed by atoms with E-state index in [1.807, 2.05) is 13.8 Å². The molecule has 1 N–H and O–H groups in total. The van der Waals surface area contributed by atoms with Gasteiger partial charge in [-0.3, -0.25) is 4.79 Å². The summed E-state index contributed by atoms with van der Waals surface area (Å²) in [7, 11) is 1.63. The van der Waals surface area contributed by atoms with E-state index in [1.165, 1.54) is 0 Å². The Balaban J connectivity index is 4.30. The smallest absolute Gasteiger partial charge is 0.225 e. The number of carbonyl (C=O) groups is 1. The quantitative estimate of drug-likeness (QED) is 0.718. The van der Waals surface area contributed by atoms with Gasteiger partial charge in [-0.2, -0.15) is 0 Å². The van der Waals surface area contributed by atoms with Crippen LogP contribution in [0, 0.1) is 5.92 Å². The van der Waals surface area contributed by atoms with Crippen LogP contribution < -0.4 is 0 Å². The first kappa shape index (κ1) is 15.4. The Kier molecular flexibility index (Phi) is 6.60. The Labute approximate surface area is 98.6 Å². The van der Waals surface area contributed by atoms with Crippen molar-refractivity contribution in [3.63, 3.8) is 0 Å². The zero-order chi connectivity index (χ0) is 12.8. The van der Waals surface area contributed by atoms with Crippen molar-refractivity contribution in [1.82, 2.24) is 4.90 Å². The average Bonchev–Trinajstić information content (AvgIpc) is 2.20. The number of carbonyl (C=O) groups excluding carboxylic acids is 1.